The van der Waals surface area contributed by atoms with E-state index in [-0.39, 0.29) is 11.5 Å². The van der Waals surface area contributed by atoms with E-state index in [1.807, 2.05) is 6.92 Å². The van der Waals surface area contributed by atoms with Crippen LogP contribution in [0.1, 0.15) is 33.2 Å². The Labute approximate surface area is 128 Å². The van der Waals surface area contributed by atoms with Crippen LogP contribution in [0.3, 0.4) is 0 Å². The van der Waals surface area contributed by atoms with Crippen molar-refractivity contribution < 1.29 is 19.4 Å². The maximum absolute atomic E-state index is 12.3. The molecule has 0 saturated heterocycles. The Morgan fingerprint density at radius 3 is 2.59 bits per heavy atom. The van der Waals surface area contributed by atoms with E-state index in [1.165, 1.54) is 6.07 Å². The molecule has 0 fully saturated rings. The molecular weight excluding hydrogens is 282 g/mol. The fourth-order valence-electron chi connectivity index (χ4n) is 2.09. The second kappa shape index (κ2) is 6.76. The highest BCUT2D eigenvalue weighted by molar-refractivity contribution is 6.05. The van der Waals surface area contributed by atoms with Crippen LogP contribution in [0.4, 0.5) is 5.69 Å². The molecule has 2 rings (SSSR count). The van der Waals surface area contributed by atoms with Gasteiger partial charge in [0.05, 0.1) is 12.2 Å². The minimum Gasteiger partial charge on any atom is -0.494 e. The summed E-state index contributed by atoms with van der Waals surface area (Å²) in [5.74, 6) is -0.717. The van der Waals surface area contributed by atoms with Gasteiger partial charge in [-0.25, -0.2) is 4.79 Å². The van der Waals surface area contributed by atoms with Crippen molar-refractivity contribution in [2.45, 2.75) is 13.8 Å². The molecule has 0 aliphatic heterocycles. The topological polar surface area (TPSA) is 75.6 Å². The van der Waals surface area contributed by atoms with Crippen molar-refractivity contribution in [3.05, 3.63) is 59.2 Å². The minimum atomic E-state index is -1.02. The lowest BCUT2D eigenvalue weighted by Crippen LogP contribution is -2.14. The number of rotatable bonds is 5. The van der Waals surface area contributed by atoms with Crippen molar-refractivity contribution in [3.63, 3.8) is 0 Å². The molecule has 0 aliphatic carbocycles. The number of carboxylic acids is 1. The number of hydrogen-bond donors (Lipinski definition) is 2. The number of aromatic carboxylic acids is 1. The van der Waals surface area contributed by atoms with Crippen molar-refractivity contribution in [2.24, 2.45) is 0 Å². The molecule has 5 nitrogen and oxygen atoms in total. The molecule has 22 heavy (non-hydrogen) atoms. The van der Waals surface area contributed by atoms with E-state index in [4.69, 9.17) is 9.84 Å². The normalized spacial score (nSPS) is 10.1. The maximum Gasteiger partial charge on any atom is 0.336 e. The Morgan fingerprint density at radius 2 is 1.91 bits per heavy atom. The smallest absolute Gasteiger partial charge is 0.336 e. The van der Waals surface area contributed by atoms with Crippen LogP contribution in [-0.2, 0) is 0 Å². The van der Waals surface area contributed by atoms with Gasteiger partial charge in [-0.3, -0.25) is 4.79 Å². The van der Waals surface area contributed by atoms with Crippen LogP contribution < -0.4 is 10.1 Å². The molecule has 2 aromatic carbocycles. The van der Waals surface area contributed by atoms with E-state index in [9.17, 15) is 9.59 Å². The zero-order valence-corrected chi connectivity index (χ0v) is 12.4. The second-order valence-corrected chi connectivity index (χ2v) is 4.70. The van der Waals surface area contributed by atoms with E-state index in [1.54, 1.807) is 43.3 Å². The number of carbonyl (C=O) groups is 2. The van der Waals surface area contributed by atoms with E-state index in [0.717, 1.165) is 0 Å². The zero-order valence-electron chi connectivity index (χ0n) is 12.4. The monoisotopic (exact) mass is 299 g/mol. The molecule has 0 bridgehead atoms. The van der Waals surface area contributed by atoms with E-state index < -0.39 is 5.97 Å². The summed E-state index contributed by atoms with van der Waals surface area (Å²) in [6, 6.07) is 11.6. The third kappa shape index (κ3) is 3.44. The van der Waals surface area contributed by atoms with Crippen molar-refractivity contribution in [3.8, 4) is 5.75 Å². The van der Waals surface area contributed by atoms with Gasteiger partial charge >= 0.3 is 5.97 Å². The number of anilines is 1. The molecule has 2 N–H and O–H groups in total. The Morgan fingerprint density at radius 1 is 1.18 bits per heavy atom. The summed E-state index contributed by atoms with van der Waals surface area (Å²) in [6.07, 6.45) is 0. The summed E-state index contributed by atoms with van der Waals surface area (Å²) in [5.41, 5.74) is 1.61. The lowest BCUT2D eigenvalue weighted by molar-refractivity contribution is 0.0695. The van der Waals surface area contributed by atoms with Crippen molar-refractivity contribution in [2.75, 3.05) is 11.9 Å². The number of carboxylic acid groups (broad SMARTS) is 1. The molecule has 0 radical (unpaired) electrons. The Balaban J connectivity index is 2.24. The third-order valence-electron chi connectivity index (χ3n) is 3.22. The minimum absolute atomic E-state index is 0.167. The molecule has 5 heteroatoms. The SMILES string of the molecule is CCOc1cccc(C(=O)Nc2cccc(C(=O)O)c2C)c1. The predicted octanol–water partition coefficient (Wildman–Crippen LogP) is 3.34. The first-order valence-electron chi connectivity index (χ1n) is 6.90. The van der Waals surface area contributed by atoms with Crippen molar-refractivity contribution in [1.82, 2.24) is 0 Å². The van der Waals surface area contributed by atoms with Gasteiger partial charge in [-0.2, -0.15) is 0 Å². The summed E-state index contributed by atoms with van der Waals surface area (Å²) in [7, 11) is 0. The number of hydrogen-bond acceptors (Lipinski definition) is 3. The quantitative estimate of drug-likeness (QED) is 0.887. The average molecular weight is 299 g/mol. The van der Waals surface area contributed by atoms with Crippen molar-refractivity contribution >= 4 is 17.6 Å². The Hall–Kier alpha value is -2.82. The lowest BCUT2D eigenvalue weighted by atomic mass is 10.1. The molecule has 0 saturated carbocycles. The summed E-state index contributed by atoms with van der Waals surface area (Å²) in [5, 5.41) is 11.8. The first-order valence-corrected chi connectivity index (χ1v) is 6.90. The van der Waals surface area contributed by atoms with Gasteiger partial charge in [0.15, 0.2) is 0 Å². The summed E-state index contributed by atoms with van der Waals surface area (Å²) < 4.78 is 5.36. The molecule has 0 atom stereocenters. The summed E-state index contributed by atoms with van der Waals surface area (Å²) in [4.78, 5) is 23.4. The van der Waals surface area contributed by atoms with Crippen LogP contribution in [0.2, 0.25) is 0 Å². The standard InChI is InChI=1S/C17H17NO4/c1-3-22-13-7-4-6-12(10-13)16(19)18-15-9-5-8-14(11(15)2)17(20)21/h4-10H,3H2,1-2H3,(H,18,19)(H,20,21). The lowest BCUT2D eigenvalue weighted by Gasteiger charge is -2.11. The van der Waals surface area contributed by atoms with Crippen LogP contribution >= 0.6 is 0 Å². The van der Waals surface area contributed by atoms with E-state index in [2.05, 4.69) is 5.32 Å². The summed E-state index contributed by atoms with van der Waals surface area (Å²) in [6.45, 7) is 4.05. The summed E-state index contributed by atoms with van der Waals surface area (Å²) >= 11 is 0. The number of carbonyl (C=O) groups excluding carboxylic acids is 1. The second-order valence-electron chi connectivity index (χ2n) is 4.70. The number of ether oxygens (including phenoxy) is 1. The number of amides is 1. The molecule has 0 heterocycles. The van der Waals surface area contributed by atoms with Crippen LogP contribution in [0.5, 0.6) is 5.75 Å². The van der Waals surface area contributed by atoms with Crippen LogP contribution in [0.25, 0.3) is 0 Å². The van der Waals surface area contributed by atoms with Gasteiger partial charge in [-0.15, -0.1) is 0 Å². The first-order chi connectivity index (χ1) is 10.5. The molecule has 2 aromatic rings. The molecule has 0 aliphatic rings. The molecule has 0 spiro atoms. The molecule has 0 aromatic heterocycles. The van der Waals surface area contributed by atoms with Gasteiger partial charge in [-0.05, 0) is 49.7 Å². The van der Waals surface area contributed by atoms with Crippen LogP contribution in [-0.4, -0.2) is 23.6 Å². The fourth-order valence-corrected chi connectivity index (χ4v) is 2.09. The predicted molar refractivity (Wildman–Crippen MR) is 83.7 cm³/mol. The largest absolute Gasteiger partial charge is 0.494 e. The van der Waals surface area contributed by atoms with E-state index in [0.29, 0.717) is 29.2 Å². The maximum atomic E-state index is 12.3. The van der Waals surface area contributed by atoms with Gasteiger partial charge < -0.3 is 15.2 Å². The van der Waals surface area contributed by atoms with Gasteiger partial charge in [0.1, 0.15) is 5.75 Å². The average Bonchev–Trinajstić information content (AvgIpc) is 2.49. The zero-order chi connectivity index (χ0) is 16.1. The molecular formula is C17H17NO4. The van der Waals surface area contributed by atoms with Gasteiger partial charge in [0, 0.05) is 11.3 Å². The highest BCUT2D eigenvalue weighted by Crippen LogP contribution is 2.21. The van der Waals surface area contributed by atoms with Gasteiger partial charge in [-0.1, -0.05) is 12.1 Å². The highest BCUT2D eigenvalue weighted by Gasteiger charge is 2.13. The van der Waals surface area contributed by atoms with E-state index >= 15 is 0 Å². The van der Waals surface area contributed by atoms with Gasteiger partial charge in [0.2, 0.25) is 0 Å². The third-order valence-corrected chi connectivity index (χ3v) is 3.22. The van der Waals surface area contributed by atoms with Crippen molar-refractivity contribution in [1.29, 1.82) is 0 Å². The Kier molecular flexibility index (Phi) is 4.78. The molecule has 114 valence electrons. The number of benzene rings is 2. The molecule has 0 unspecified atom stereocenters. The first kappa shape index (κ1) is 15.6. The van der Waals surface area contributed by atoms with Gasteiger partial charge in [0.25, 0.3) is 5.91 Å². The number of nitrogens with one attached hydrogen (secondary N) is 1. The highest BCUT2D eigenvalue weighted by atomic mass is 16.5. The van der Waals surface area contributed by atoms with Crippen LogP contribution in [0, 0.1) is 6.92 Å². The molecule has 1 amide bonds. The fraction of sp³-hybridized carbons (Fsp3) is 0.176. The Bertz CT molecular complexity index is 710. The van der Waals surface area contributed by atoms with Crippen LogP contribution in [0.15, 0.2) is 42.5 Å².